The number of ether oxygens (including phenoxy) is 2. The average Bonchev–Trinajstić information content (AvgIpc) is 3.05. The number of carbonyl (C=O) groups is 1. The van der Waals surface area contributed by atoms with Crippen LogP contribution in [0.2, 0.25) is 0 Å². The molecule has 0 radical (unpaired) electrons. The molecule has 0 aliphatic carbocycles. The first-order valence-corrected chi connectivity index (χ1v) is 16.0. The van der Waals surface area contributed by atoms with Gasteiger partial charge in [0.2, 0.25) is 0 Å². The number of halogens is 2. The summed E-state index contributed by atoms with van der Waals surface area (Å²) >= 11 is 0. The van der Waals surface area contributed by atoms with E-state index in [4.69, 9.17) is 9.47 Å². The van der Waals surface area contributed by atoms with Gasteiger partial charge in [-0.15, -0.1) is 0 Å². The van der Waals surface area contributed by atoms with Crippen LogP contribution < -0.4 is 4.74 Å². The van der Waals surface area contributed by atoms with Crippen LogP contribution in [0.1, 0.15) is 74.1 Å². The number of hydrogen-bond acceptors (Lipinski definition) is 4. The van der Waals surface area contributed by atoms with Crippen LogP contribution >= 0.6 is 0 Å². The minimum atomic E-state index is -0.493. The Kier molecular flexibility index (Phi) is 11.0. The topological polar surface area (TPSA) is 38.8 Å². The van der Waals surface area contributed by atoms with Crippen LogP contribution in [0.4, 0.5) is 8.78 Å². The van der Waals surface area contributed by atoms with Crippen molar-refractivity contribution < 1.29 is 23.0 Å². The van der Waals surface area contributed by atoms with Crippen LogP contribution in [0.5, 0.6) is 11.5 Å². The molecule has 1 fully saturated rings. The van der Waals surface area contributed by atoms with Crippen molar-refractivity contribution >= 4 is 5.97 Å². The molecule has 0 N–H and O–H groups in total. The Labute approximate surface area is 266 Å². The monoisotopic (exact) mass is 611 g/mol. The van der Waals surface area contributed by atoms with Crippen LogP contribution in [0.3, 0.4) is 0 Å². The number of piperidine rings is 1. The highest BCUT2D eigenvalue weighted by Gasteiger charge is 2.27. The summed E-state index contributed by atoms with van der Waals surface area (Å²) < 4.78 is 37.9. The van der Waals surface area contributed by atoms with Crippen molar-refractivity contribution in [2.45, 2.75) is 65.1 Å². The lowest BCUT2D eigenvalue weighted by Crippen LogP contribution is -2.34. The van der Waals surface area contributed by atoms with Crippen molar-refractivity contribution in [1.29, 1.82) is 0 Å². The Balaban J connectivity index is 1.37. The summed E-state index contributed by atoms with van der Waals surface area (Å²) in [5, 5.41) is 0. The molecule has 5 rings (SSSR count). The fraction of sp³-hybridized carbons (Fsp3) is 0.359. The van der Waals surface area contributed by atoms with Crippen LogP contribution in [-0.4, -0.2) is 30.6 Å². The average molecular weight is 612 g/mol. The smallest absolute Gasteiger partial charge is 0.313 e. The van der Waals surface area contributed by atoms with Crippen LogP contribution in [0.15, 0.2) is 91.0 Å². The summed E-state index contributed by atoms with van der Waals surface area (Å²) in [4.78, 5) is 15.7. The Hall–Kier alpha value is -4.03. The number of rotatable bonds is 12. The summed E-state index contributed by atoms with van der Waals surface area (Å²) in [5.74, 6) is 1.13. The second-order valence-corrected chi connectivity index (χ2v) is 12.4. The van der Waals surface area contributed by atoms with E-state index in [1.165, 1.54) is 23.3 Å². The summed E-state index contributed by atoms with van der Waals surface area (Å²) in [5.41, 5.74) is 6.11. The fourth-order valence-corrected chi connectivity index (χ4v) is 6.18. The fourth-order valence-electron chi connectivity index (χ4n) is 6.18. The highest BCUT2D eigenvalue weighted by molar-refractivity contribution is 5.79. The third-order valence-electron chi connectivity index (χ3n) is 8.46. The van der Waals surface area contributed by atoms with Crippen LogP contribution in [0, 0.1) is 11.7 Å². The van der Waals surface area contributed by atoms with Gasteiger partial charge in [-0.2, -0.15) is 0 Å². The molecular weight excluding hydrogens is 568 g/mol. The molecule has 4 aromatic carbocycles. The Morgan fingerprint density at radius 1 is 0.889 bits per heavy atom. The number of esters is 1. The highest BCUT2D eigenvalue weighted by Crippen LogP contribution is 2.36. The van der Waals surface area contributed by atoms with Gasteiger partial charge in [0, 0.05) is 13.1 Å². The second kappa shape index (κ2) is 15.3. The zero-order valence-electron chi connectivity index (χ0n) is 26.5. The molecule has 0 aromatic heterocycles. The van der Waals surface area contributed by atoms with Crippen molar-refractivity contribution in [3.8, 4) is 22.6 Å². The Morgan fingerprint density at radius 2 is 1.56 bits per heavy atom. The molecule has 45 heavy (non-hydrogen) atoms. The molecule has 2 unspecified atom stereocenters. The molecule has 4 nitrogen and oxygen atoms in total. The quantitative estimate of drug-likeness (QED) is 0.150. The van der Waals surface area contributed by atoms with E-state index in [0.29, 0.717) is 41.9 Å². The first-order chi connectivity index (χ1) is 21.8. The number of likely N-dealkylation sites (tertiary alicyclic amines) is 1. The van der Waals surface area contributed by atoms with Crippen LogP contribution in [0.25, 0.3) is 11.1 Å². The lowest BCUT2D eigenvalue weighted by Gasteiger charge is -2.33. The van der Waals surface area contributed by atoms with Crippen molar-refractivity contribution in [1.82, 2.24) is 4.90 Å². The Bertz CT molecular complexity index is 1530. The summed E-state index contributed by atoms with van der Waals surface area (Å²) in [7, 11) is 0. The van der Waals surface area contributed by atoms with E-state index in [1.807, 2.05) is 43.3 Å². The van der Waals surface area contributed by atoms with Gasteiger partial charge >= 0.3 is 5.97 Å². The van der Waals surface area contributed by atoms with Gasteiger partial charge < -0.3 is 9.47 Å². The maximum absolute atomic E-state index is 13.3. The summed E-state index contributed by atoms with van der Waals surface area (Å²) in [6, 6.07) is 28.3. The zero-order chi connectivity index (χ0) is 31.8. The number of benzene rings is 4. The highest BCUT2D eigenvalue weighted by atomic mass is 19.1. The van der Waals surface area contributed by atoms with Gasteiger partial charge in [0.05, 0.1) is 12.5 Å². The van der Waals surface area contributed by atoms with E-state index < -0.39 is 6.67 Å². The molecule has 0 spiro atoms. The molecule has 2 atom stereocenters. The molecule has 0 saturated carbocycles. The third kappa shape index (κ3) is 8.79. The van der Waals surface area contributed by atoms with Gasteiger partial charge in [0.25, 0.3) is 0 Å². The van der Waals surface area contributed by atoms with E-state index in [-0.39, 0.29) is 17.7 Å². The van der Waals surface area contributed by atoms with Gasteiger partial charge in [-0.3, -0.25) is 9.69 Å². The molecule has 1 aliphatic heterocycles. The molecule has 236 valence electrons. The maximum Gasteiger partial charge on any atom is 0.313 e. The molecule has 4 aromatic rings. The minimum Gasteiger partial charge on any atom is -0.466 e. The van der Waals surface area contributed by atoms with Gasteiger partial charge in [0.1, 0.15) is 24.0 Å². The van der Waals surface area contributed by atoms with Crippen molar-refractivity contribution in [2.24, 2.45) is 5.92 Å². The molecule has 0 amide bonds. The third-order valence-corrected chi connectivity index (χ3v) is 8.46. The summed E-state index contributed by atoms with van der Waals surface area (Å²) in [6.07, 6.45) is 2.85. The van der Waals surface area contributed by atoms with E-state index >= 15 is 0 Å². The lowest BCUT2D eigenvalue weighted by atomic mass is 9.83. The number of nitrogens with zero attached hydrogens (tertiary/aromatic N) is 1. The standard InChI is InChI=1S/C39H43F2NO3/c1-4-44-39(43)38(20-27(2)3)34-22-32(30-11-7-28(24-40)8-12-30)21-33(23-34)31-6-5-19-42(26-31)25-29-9-15-36(16-10-29)45-37-17-13-35(41)14-18-37/h7-18,21-23,27,31,38H,4-6,19-20,24-26H2,1-3H3. The predicted octanol–water partition coefficient (Wildman–Crippen LogP) is 9.83. The van der Waals surface area contributed by atoms with Crippen molar-refractivity contribution in [2.75, 3.05) is 19.7 Å². The van der Waals surface area contributed by atoms with Gasteiger partial charge in [-0.25, -0.2) is 8.78 Å². The molecular formula is C39H43F2NO3. The van der Waals surface area contributed by atoms with Gasteiger partial charge in [-0.05, 0) is 114 Å². The van der Waals surface area contributed by atoms with Crippen molar-refractivity contribution in [3.05, 3.63) is 119 Å². The lowest BCUT2D eigenvalue weighted by molar-refractivity contribution is -0.145. The van der Waals surface area contributed by atoms with Crippen LogP contribution in [-0.2, 0) is 22.8 Å². The number of alkyl halides is 1. The molecule has 1 heterocycles. The molecule has 0 bridgehead atoms. The normalized spacial score (nSPS) is 16.0. The SMILES string of the molecule is CCOC(=O)C(CC(C)C)c1cc(-c2ccc(CF)cc2)cc(C2CCCN(Cc3ccc(Oc4ccc(F)cc4)cc3)C2)c1. The first-order valence-electron chi connectivity index (χ1n) is 16.0. The number of hydrogen-bond donors (Lipinski definition) is 0. The minimum absolute atomic E-state index is 0.181. The number of carbonyl (C=O) groups excluding carboxylic acids is 1. The zero-order valence-corrected chi connectivity index (χ0v) is 26.5. The second-order valence-electron chi connectivity index (χ2n) is 12.4. The molecule has 1 saturated heterocycles. The Morgan fingerprint density at radius 3 is 2.20 bits per heavy atom. The predicted molar refractivity (Wildman–Crippen MR) is 176 cm³/mol. The molecule has 6 heteroatoms. The summed E-state index contributed by atoms with van der Waals surface area (Å²) in [6.45, 7) is 8.71. The first kappa shape index (κ1) is 32.4. The van der Waals surface area contributed by atoms with E-state index in [9.17, 15) is 13.6 Å². The largest absolute Gasteiger partial charge is 0.466 e. The van der Waals surface area contributed by atoms with Gasteiger partial charge in [-0.1, -0.05) is 68.4 Å². The van der Waals surface area contributed by atoms with Gasteiger partial charge in [0.15, 0.2) is 0 Å². The van der Waals surface area contributed by atoms with E-state index in [1.54, 1.807) is 12.1 Å². The van der Waals surface area contributed by atoms with Crippen molar-refractivity contribution in [3.63, 3.8) is 0 Å². The van der Waals surface area contributed by atoms with E-state index in [0.717, 1.165) is 49.2 Å². The molecule has 1 aliphatic rings. The maximum atomic E-state index is 13.3. The van der Waals surface area contributed by atoms with E-state index in [2.05, 4.69) is 49.1 Å².